The first-order chi connectivity index (χ1) is 11.9. The van der Waals surface area contributed by atoms with Gasteiger partial charge in [0.2, 0.25) is 0 Å². The third-order valence-corrected chi connectivity index (χ3v) is 4.78. The van der Waals surface area contributed by atoms with Gasteiger partial charge in [-0.25, -0.2) is 13.2 Å². The Kier molecular flexibility index (Phi) is 6.37. The van der Waals surface area contributed by atoms with Crippen molar-refractivity contribution in [1.82, 2.24) is 0 Å². The molecule has 2 aromatic carbocycles. The van der Waals surface area contributed by atoms with E-state index in [0.717, 1.165) is 6.07 Å². The highest BCUT2D eigenvalue weighted by atomic mass is 32.2. The summed E-state index contributed by atoms with van der Waals surface area (Å²) in [4.78, 5) is 11.4. The lowest BCUT2D eigenvalue weighted by molar-refractivity contribution is 0.0697. The number of ether oxygens (including phenoxy) is 1. The topological polar surface area (TPSA) is 105 Å². The van der Waals surface area contributed by atoms with Gasteiger partial charge in [0.05, 0.1) is 10.5 Å². The normalized spacial score (nSPS) is 11.1. The zero-order valence-corrected chi connectivity index (χ0v) is 14.5. The van der Waals surface area contributed by atoms with Crippen LogP contribution in [0.1, 0.15) is 16.8 Å². The van der Waals surface area contributed by atoms with E-state index in [9.17, 15) is 18.3 Å². The minimum Gasteiger partial charge on any atom is -0.478 e. The van der Waals surface area contributed by atoms with Gasteiger partial charge in [-0.15, -0.1) is 0 Å². The van der Waals surface area contributed by atoms with Gasteiger partial charge in [0.15, 0.2) is 0 Å². The number of hydrogen-bond acceptors (Lipinski definition) is 5. The molecule has 0 aromatic heterocycles. The van der Waals surface area contributed by atoms with Crippen LogP contribution in [0.5, 0.6) is 0 Å². The summed E-state index contributed by atoms with van der Waals surface area (Å²) in [5.74, 6) is -1.20. The zero-order chi connectivity index (χ0) is 18.3. The first kappa shape index (κ1) is 18.8. The second-order valence-electron chi connectivity index (χ2n) is 5.26. The van der Waals surface area contributed by atoms with Crippen molar-refractivity contribution < 1.29 is 23.1 Å². The molecule has 7 nitrogen and oxygen atoms in total. The smallest absolute Gasteiger partial charge is 0.337 e. The van der Waals surface area contributed by atoms with Crippen LogP contribution in [-0.2, 0) is 14.8 Å². The SMILES string of the molecule is COCCCNc1ccc(S(=O)(=O)Nc2ccccc2)cc1C(=O)O. The molecule has 0 aliphatic carbocycles. The molecular weight excluding hydrogens is 344 g/mol. The van der Waals surface area contributed by atoms with Crippen LogP contribution < -0.4 is 10.0 Å². The Morgan fingerprint density at radius 1 is 1.16 bits per heavy atom. The van der Waals surface area contributed by atoms with Gasteiger partial charge in [0, 0.05) is 31.6 Å². The molecule has 0 bridgehead atoms. The van der Waals surface area contributed by atoms with Gasteiger partial charge in [-0.1, -0.05) is 18.2 Å². The fourth-order valence-electron chi connectivity index (χ4n) is 2.18. The van der Waals surface area contributed by atoms with E-state index < -0.39 is 16.0 Å². The Morgan fingerprint density at radius 2 is 1.88 bits per heavy atom. The summed E-state index contributed by atoms with van der Waals surface area (Å²) in [6.07, 6.45) is 0.700. The Labute approximate surface area is 146 Å². The number of sulfonamides is 1. The van der Waals surface area contributed by atoms with E-state index in [1.165, 1.54) is 12.1 Å². The molecule has 0 heterocycles. The molecule has 25 heavy (non-hydrogen) atoms. The lowest BCUT2D eigenvalue weighted by Crippen LogP contribution is -2.15. The van der Waals surface area contributed by atoms with Gasteiger partial charge in [-0.3, -0.25) is 4.72 Å². The van der Waals surface area contributed by atoms with Crippen molar-refractivity contribution in [2.45, 2.75) is 11.3 Å². The monoisotopic (exact) mass is 364 g/mol. The average molecular weight is 364 g/mol. The lowest BCUT2D eigenvalue weighted by atomic mass is 10.2. The molecule has 134 valence electrons. The van der Waals surface area contributed by atoms with Crippen molar-refractivity contribution in [1.29, 1.82) is 0 Å². The summed E-state index contributed by atoms with van der Waals surface area (Å²) < 4.78 is 32.2. The number of benzene rings is 2. The van der Waals surface area contributed by atoms with Gasteiger partial charge in [0.25, 0.3) is 10.0 Å². The first-order valence-electron chi connectivity index (χ1n) is 7.62. The summed E-state index contributed by atoms with van der Waals surface area (Å²) in [6.45, 7) is 1.06. The number of carboxylic acids is 1. The predicted octanol–water partition coefficient (Wildman–Crippen LogP) is 2.63. The second kappa shape index (κ2) is 8.50. The highest BCUT2D eigenvalue weighted by Gasteiger charge is 2.19. The van der Waals surface area contributed by atoms with Crippen molar-refractivity contribution in [3.63, 3.8) is 0 Å². The van der Waals surface area contributed by atoms with Gasteiger partial charge in [0.1, 0.15) is 0 Å². The highest BCUT2D eigenvalue weighted by Crippen LogP contribution is 2.22. The molecule has 0 amide bonds. The Balaban J connectivity index is 2.24. The molecule has 3 N–H and O–H groups in total. The van der Waals surface area contributed by atoms with E-state index in [1.54, 1.807) is 37.4 Å². The van der Waals surface area contributed by atoms with Crippen LogP contribution >= 0.6 is 0 Å². The Bertz CT molecular complexity index is 822. The minimum absolute atomic E-state index is 0.103. The molecule has 2 aromatic rings. The van der Waals surface area contributed by atoms with Crippen LogP contribution in [0, 0.1) is 0 Å². The molecule has 0 aliphatic heterocycles. The van der Waals surface area contributed by atoms with Crippen LogP contribution in [0.25, 0.3) is 0 Å². The van der Waals surface area contributed by atoms with Gasteiger partial charge >= 0.3 is 5.97 Å². The van der Waals surface area contributed by atoms with Crippen LogP contribution in [-0.4, -0.2) is 39.8 Å². The van der Waals surface area contributed by atoms with E-state index in [-0.39, 0.29) is 10.5 Å². The Morgan fingerprint density at radius 3 is 2.52 bits per heavy atom. The molecule has 0 radical (unpaired) electrons. The number of carboxylic acid groups (broad SMARTS) is 1. The summed E-state index contributed by atoms with van der Waals surface area (Å²) in [6, 6.07) is 12.4. The van der Waals surface area contributed by atoms with Gasteiger partial charge < -0.3 is 15.2 Å². The van der Waals surface area contributed by atoms with Gasteiger partial charge in [-0.2, -0.15) is 0 Å². The standard InChI is InChI=1S/C17H20N2O5S/c1-24-11-5-10-18-16-9-8-14(12-15(16)17(20)21)25(22,23)19-13-6-3-2-4-7-13/h2-4,6-9,12,18-19H,5,10-11H2,1H3,(H,20,21). The molecule has 0 fully saturated rings. The maximum absolute atomic E-state index is 12.4. The van der Waals surface area contributed by atoms with E-state index in [4.69, 9.17) is 4.74 Å². The average Bonchev–Trinajstić information content (AvgIpc) is 2.59. The number of hydrogen-bond donors (Lipinski definition) is 3. The number of carbonyl (C=O) groups is 1. The molecular formula is C17H20N2O5S. The quantitative estimate of drug-likeness (QED) is 0.591. The van der Waals surface area contributed by atoms with E-state index in [1.807, 2.05) is 0 Å². The van der Waals surface area contributed by atoms with Crippen LogP contribution in [0.15, 0.2) is 53.4 Å². The van der Waals surface area contributed by atoms with Crippen molar-refractivity contribution in [3.05, 3.63) is 54.1 Å². The highest BCUT2D eigenvalue weighted by molar-refractivity contribution is 7.92. The van der Waals surface area contributed by atoms with E-state index in [0.29, 0.717) is 30.9 Å². The minimum atomic E-state index is -3.88. The third kappa shape index (κ3) is 5.20. The fourth-order valence-corrected chi connectivity index (χ4v) is 3.27. The summed E-state index contributed by atoms with van der Waals surface area (Å²) >= 11 is 0. The largest absolute Gasteiger partial charge is 0.478 e. The number of anilines is 2. The molecule has 0 saturated heterocycles. The summed E-state index contributed by atoms with van der Waals surface area (Å²) in [7, 11) is -2.29. The maximum Gasteiger partial charge on any atom is 0.337 e. The molecule has 0 saturated carbocycles. The third-order valence-electron chi connectivity index (χ3n) is 3.40. The maximum atomic E-state index is 12.4. The van der Waals surface area contributed by atoms with Crippen LogP contribution in [0.2, 0.25) is 0 Å². The molecule has 8 heteroatoms. The molecule has 0 aliphatic rings. The first-order valence-corrected chi connectivity index (χ1v) is 9.10. The summed E-state index contributed by atoms with van der Waals surface area (Å²) in [5.41, 5.74) is 0.664. The van der Waals surface area contributed by atoms with E-state index in [2.05, 4.69) is 10.0 Å². The van der Waals surface area contributed by atoms with Crippen molar-refractivity contribution in [2.24, 2.45) is 0 Å². The summed E-state index contributed by atoms with van der Waals surface area (Å²) in [5, 5.41) is 12.4. The number of aromatic carboxylic acids is 1. The zero-order valence-electron chi connectivity index (χ0n) is 13.7. The molecule has 0 atom stereocenters. The Hall–Kier alpha value is -2.58. The van der Waals surface area contributed by atoms with Crippen LogP contribution in [0.3, 0.4) is 0 Å². The second-order valence-corrected chi connectivity index (χ2v) is 6.94. The number of para-hydroxylation sites is 1. The van der Waals surface area contributed by atoms with E-state index >= 15 is 0 Å². The number of nitrogens with one attached hydrogen (secondary N) is 2. The van der Waals surface area contributed by atoms with Crippen molar-refractivity contribution in [2.75, 3.05) is 30.3 Å². The fraction of sp³-hybridized carbons (Fsp3) is 0.235. The number of rotatable bonds is 9. The number of methoxy groups -OCH3 is 1. The van der Waals surface area contributed by atoms with Crippen LogP contribution in [0.4, 0.5) is 11.4 Å². The molecule has 0 spiro atoms. The predicted molar refractivity (Wildman–Crippen MR) is 95.6 cm³/mol. The lowest BCUT2D eigenvalue weighted by Gasteiger charge is -2.12. The van der Waals surface area contributed by atoms with Crippen molar-refractivity contribution >= 4 is 27.4 Å². The molecule has 0 unspecified atom stereocenters. The molecule has 2 rings (SSSR count). The van der Waals surface area contributed by atoms with Crippen molar-refractivity contribution in [3.8, 4) is 0 Å². The van der Waals surface area contributed by atoms with Gasteiger partial charge in [-0.05, 0) is 36.8 Å².